The van der Waals surface area contributed by atoms with Crippen LogP contribution in [0.15, 0.2) is 33.8 Å². The lowest BCUT2D eigenvalue weighted by molar-refractivity contribution is -0.384. The molecule has 28 heavy (non-hydrogen) atoms. The van der Waals surface area contributed by atoms with Gasteiger partial charge in [-0.25, -0.2) is 0 Å². The van der Waals surface area contributed by atoms with E-state index in [1.807, 2.05) is 13.8 Å². The van der Waals surface area contributed by atoms with E-state index in [2.05, 4.69) is 26.1 Å². The van der Waals surface area contributed by atoms with Gasteiger partial charge in [-0.05, 0) is 12.5 Å². The van der Waals surface area contributed by atoms with E-state index < -0.39 is 4.92 Å². The number of benzene rings is 1. The number of nitrogens with zero attached hydrogens (tertiary/aromatic N) is 3. The van der Waals surface area contributed by atoms with Gasteiger partial charge in [0, 0.05) is 44.7 Å². The van der Waals surface area contributed by atoms with Crippen molar-refractivity contribution in [3.63, 3.8) is 0 Å². The number of para-hydroxylation sites is 2. The molecule has 0 saturated carbocycles. The summed E-state index contributed by atoms with van der Waals surface area (Å²) in [5, 5.41) is 24.6. The molecule has 0 spiro atoms. The number of nitro benzene ring substituents is 1. The molecule has 2 rings (SSSR count). The van der Waals surface area contributed by atoms with Crippen molar-refractivity contribution in [2.24, 2.45) is 4.99 Å². The average molecular weight is 502 g/mol. The van der Waals surface area contributed by atoms with E-state index in [4.69, 9.17) is 4.52 Å². The summed E-state index contributed by atoms with van der Waals surface area (Å²) in [6.07, 6.45) is 1.60. The number of hydrogen-bond donors (Lipinski definition) is 3. The Hall–Kier alpha value is -2.37. The summed E-state index contributed by atoms with van der Waals surface area (Å²) in [6.45, 7) is 5.72. The van der Waals surface area contributed by atoms with Crippen LogP contribution in [0, 0.1) is 10.1 Å². The van der Waals surface area contributed by atoms with Crippen LogP contribution >= 0.6 is 24.0 Å². The topological polar surface area (TPSA) is 118 Å². The Morgan fingerprint density at radius 2 is 1.96 bits per heavy atom. The summed E-state index contributed by atoms with van der Waals surface area (Å²) in [6, 6.07) is 6.58. The van der Waals surface area contributed by atoms with Crippen LogP contribution in [0.5, 0.6) is 0 Å². The van der Waals surface area contributed by atoms with Crippen LogP contribution in [0.1, 0.15) is 30.9 Å². The monoisotopic (exact) mass is 502 g/mol. The van der Waals surface area contributed by atoms with Gasteiger partial charge < -0.3 is 20.5 Å². The van der Waals surface area contributed by atoms with Crippen molar-refractivity contribution >= 4 is 41.3 Å². The largest absolute Gasteiger partial charge is 0.378 e. The number of anilines is 1. The lowest BCUT2D eigenvalue weighted by Crippen LogP contribution is -2.39. The average Bonchev–Trinajstić information content (AvgIpc) is 3.09. The second kappa shape index (κ2) is 12.2. The third kappa shape index (κ3) is 6.36. The second-order valence-electron chi connectivity index (χ2n) is 5.79. The van der Waals surface area contributed by atoms with Gasteiger partial charge >= 0.3 is 0 Å². The van der Waals surface area contributed by atoms with Crippen molar-refractivity contribution in [2.45, 2.75) is 33.2 Å². The summed E-state index contributed by atoms with van der Waals surface area (Å²) in [4.78, 5) is 14.8. The van der Waals surface area contributed by atoms with Crippen LogP contribution in [0.2, 0.25) is 0 Å². The van der Waals surface area contributed by atoms with Crippen molar-refractivity contribution < 1.29 is 9.45 Å². The molecule has 2 aromatic rings. The van der Waals surface area contributed by atoms with Gasteiger partial charge in [-0.2, -0.15) is 0 Å². The fourth-order valence-corrected chi connectivity index (χ4v) is 2.69. The van der Waals surface area contributed by atoms with Crippen molar-refractivity contribution in [1.29, 1.82) is 0 Å². The van der Waals surface area contributed by atoms with E-state index in [9.17, 15) is 10.1 Å². The molecule has 9 nitrogen and oxygen atoms in total. The van der Waals surface area contributed by atoms with Crippen LogP contribution < -0.4 is 16.0 Å². The van der Waals surface area contributed by atoms with Gasteiger partial charge in [0.05, 0.1) is 10.6 Å². The Bertz CT molecular complexity index is 772. The summed E-state index contributed by atoms with van der Waals surface area (Å²) >= 11 is 0. The zero-order valence-corrected chi connectivity index (χ0v) is 18.6. The van der Waals surface area contributed by atoms with Gasteiger partial charge in [-0.3, -0.25) is 15.1 Å². The van der Waals surface area contributed by atoms with Crippen molar-refractivity contribution in [2.75, 3.05) is 25.5 Å². The Morgan fingerprint density at radius 3 is 2.61 bits per heavy atom. The van der Waals surface area contributed by atoms with Crippen molar-refractivity contribution in [3.8, 4) is 0 Å². The number of aryl methyl sites for hydroxylation is 2. The van der Waals surface area contributed by atoms with Crippen LogP contribution in [0.25, 0.3) is 0 Å². The van der Waals surface area contributed by atoms with Gasteiger partial charge in [0.25, 0.3) is 5.69 Å². The fourth-order valence-electron chi connectivity index (χ4n) is 2.69. The summed E-state index contributed by atoms with van der Waals surface area (Å²) in [5.74, 6) is 1.53. The minimum absolute atomic E-state index is 0. The molecule has 0 unspecified atom stereocenters. The number of guanidine groups is 1. The molecule has 0 aliphatic heterocycles. The zero-order chi connectivity index (χ0) is 19.6. The molecule has 0 radical (unpaired) electrons. The predicted molar refractivity (Wildman–Crippen MR) is 120 cm³/mol. The number of aromatic nitrogens is 1. The molecule has 154 valence electrons. The molecule has 3 N–H and O–H groups in total. The molecule has 0 aliphatic rings. The van der Waals surface area contributed by atoms with Crippen LogP contribution in [0.4, 0.5) is 11.4 Å². The Morgan fingerprint density at radius 1 is 1.21 bits per heavy atom. The van der Waals surface area contributed by atoms with Gasteiger partial charge in [0.15, 0.2) is 5.96 Å². The Kier molecular flexibility index (Phi) is 10.3. The Balaban J connectivity index is 0.00000392. The van der Waals surface area contributed by atoms with Crippen LogP contribution in [-0.4, -0.2) is 36.2 Å². The summed E-state index contributed by atoms with van der Waals surface area (Å²) in [5.41, 5.74) is 2.58. The first kappa shape index (κ1) is 23.7. The Labute approximate surface area is 181 Å². The van der Waals surface area contributed by atoms with Gasteiger partial charge in [-0.1, -0.05) is 31.1 Å². The van der Waals surface area contributed by atoms with E-state index in [1.54, 1.807) is 25.2 Å². The molecule has 0 aliphatic carbocycles. The number of halogens is 1. The highest BCUT2D eigenvalue weighted by atomic mass is 127. The predicted octanol–water partition coefficient (Wildman–Crippen LogP) is 3.10. The molecule has 0 atom stereocenters. The second-order valence-corrected chi connectivity index (χ2v) is 5.79. The normalized spacial score (nSPS) is 10.9. The summed E-state index contributed by atoms with van der Waals surface area (Å²) < 4.78 is 5.36. The van der Waals surface area contributed by atoms with Crippen molar-refractivity contribution in [3.05, 3.63) is 51.4 Å². The maximum Gasteiger partial charge on any atom is 0.292 e. The quantitative estimate of drug-likeness (QED) is 0.121. The summed E-state index contributed by atoms with van der Waals surface area (Å²) in [7, 11) is 1.69. The maximum atomic E-state index is 11.0. The SMILES string of the molecule is CCc1noc(CC)c1CNC(=NC)NCCNc1ccccc1[N+](=O)[O-].I. The highest BCUT2D eigenvalue weighted by Crippen LogP contribution is 2.22. The first-order valence-corrected chi connectivity index (χ1v) is 8.98. The van der Waals surface area contributed by atoms with Gasteiger partial charge in [-0.15, -0.1) is 24.0 Å². The third-order valence-electron chi connectivity index (χ3n) is 4.10. The lowest BCUT2D eigenvalue weighted by atomic mass is 10.1. The molecule has 0 bridgehead atoms. The van der Waals surface area contributed by atoms with Crippen LogP contribution in [0.3, 0.4) is 0 Å². The highest BCUT2D eigenvalue weighted by molar-refractivity contribution is 14.0. The number of hydrogen-bond acceptors (Lipinski definition) is 6. The molecule has 1 heterocycles. The fraction of sp³-hybridized carbons (Fsp3) is 0.444. The van der Waals surface area contributed by atoms with Crippen LogP contribution in [-0.2, 0) is 19.4 Å². The number of nitrogens with one attached hydrogen (secondary N) is 3. The van der Waals surface area contributed by atoms with E-state index in [0.717, 1.165) is 29.9 Å². The number of rotatable bonds is 9. The molecule has 0 saturated heterocycles. The minimum atomic E-state index is -0.397. The molecule has 0 fully saturated rings. The molecular formula is C18H27IN6O3. The number of nitro groups is 1. The zero-order valence-electron chi connectivity index (χ0n) is 16.3. The molecule has 1 aromatic heterocycles. The molecule has 10 heteroatoms. The third-order valence-corrected chi connectivity index (χ3v) is 4.10. The first-order valence-electron chi connectivity index (χ1n) is 8.98. The lowest BCUT2D eigenvalue weighted by Gasteiger charge is -2.13. The smallest absolute Gasteiger partial charge is 0.292 e. The van der Waals surface area contributed by atoms with E-state index in [-0.39, 0.29) is 29.7 Å². The van der Waals surface area contributed by atoms with Crippen molar-refractivity contribution in [1.82, 2.24) is 15.8 Å². The molecular weight excluding hydrogens is 475 g/mol. The standard InChI is InChI=1S/C18H26N6O3.HI/c1-4-14-13(17(5-2)27-23-14)12-22-18(19-3)21-11-10-20-15-8-6-7-9-16(15)24(25)26;/h6-9,20H,4-5,10-12H2,1-3H3,(H2,19,21,22);1H. The van der Waals surface area contributed by atoms with E-state index in [0.29, 0.717) is 31.3 Å². The van der Waals surface area contributed by atoms with E-state index >= 15 is 0 Å². The van der Waals surface area contributed by atoms with Gasteiger partial charge in [0.2, 0.25) is 0 Å². The maximum absolute atomic E-state index is 11.0. The first-order chi connectivity index (χ1) is 13.1. The highest BCUT2D eigenvalue weighted by Gasteiger charge is 2.14. The minimum Gasteiger partial charge on any atom is -0.378 e. The van der Waals surface area contributed by atoms with Gasteiger partial charge in [0.1, 0.15) is 11.4 Å². The number of aliphatic imine (C=N–C) groups is 1. The molecule has 0 amide bonds. The van der Waals surface area contributed by atoms with E-state index in [1.165, 1.54) is 6.07 Å². The molecule has 1 aromatic carbocycles.